The fourth-order valence-electron chi connectivity index (χ4n) is 3.61. The molecular weight excluding hydrogens is 396 g/mol. The Kier molecular flexibility index (Phi) is 8.20. The van der Waals surface area contributed by atoms with Gasteiger partial charge in [0.25, 0.3) is 5.91 Å². The standard InChI is InChI=1S/C24H30N2O3S/c1-17-16-18(24(28)25-19-6-4-3-5-7-19)8-13-22(17)26-23(27)14-15-30-21-11-9-20(29-2)10-12-21/h8-13,16,19H,3-7,14-15H2,1-2H3,(H,25,28)(H,26,27). The van der Waals surface area contributed by atoms with Gasteiger partial charge in [0.1, 0.15) is 5.75 Å². The summed E-state index contributed by atoms with van der Waals surface area (Å²) >= 11 is 1.64. The Morgan fingerprint density at radius 3 is 2.47 bits per heavy atom. The smallest absolute Gasteiger partial charge is 0.251 e. The summed E-state index contributed by atoms with van der Waals surface area (Å²) in [5.41, 5.74) is 2.29. The van der Waals surface area contributed by atoms with Crippen LogP contribution in [-0.2, 0) is 4.79 Å². The van der Waals surface area contributed by atoms with Gasteiger partial charge in [0.05, 0.1) is 7.11 Å². The first kappa shape index (κ1) is 22.2. The Hall–Kier alpha value is -2.47. The van der Waals surface area contributed by atoms with E-state index in [0.29, 0.717) is 17.7 Å². The minimum Gasteiger partial charge on any atom is -0.497 e. The third kappa shape index (κ3) is 6.52. The molecule has 0 aromatic heterocycles. The van der Waals surface area contributed by atoms with Crippen LogP contribution in [0.5, 0.6) is 5.75 Å². The van der Waals surface area contributed by atoms with Crippen LogP contribution in [0.15, 0.2) is 47.4 Å². The second-order valence-electron chi connectivity index (χ2n) is 7.66. The molecule has 1 aliphatic carbocycles. The van der Waals surface area contributed by atoms with Crippen molar-refractivity contribution in [2.24, 2.45) is 0 Å². The van der Waals surface area contributed by atoms with Gasteiger partial charge >= 0.3 is 0 Å². The molecule has 2 N–H and O–H groups in total. The van der Waals surface area contributed by atoms with Gasteiger partial charge in [0.15, 0.2) is 0 Å². The van der Waals surface area contributed by atoms with Gasteiger partial charge < -0.3 is 15.4 Å². The lowest BCUT2D eigenvalue weighted by atomic mass is 9.95. The lowest BCUT2D eigenvalue weighted by Crippen LogP contribution is -2.36. The largest absolute Gasteiger partial charge is 0.497 e. The van der Waals surface area contributed by atoms with E-state index >= 15 is 0 Å². The second-order valence-corrected chi connectivity index (χ2v) is 8.83. The zero-order valence-corrected chi connectivity index (χ0v) is 18.5. The highest BCUT2D eigenvalue weighted by atomic mass is 32.2. The van der Waals surface area contributed by atoms with Gasteiger partial charge in [-0.1, -0.05) is 19.3 Å². The topological polar surface area (TPSA) is 67.4 Å². The minimum atomic E-state index is -0.0291. The number of benzene rings is 2. The monoisotopic (exact) mass is 426 g/mol. The molecule has 3 rings (SSSR count). The van der Waals surface area contributed by atoms with Crippen LogP contribution >= 0.6 is 11.8 Å². The molecule has 0 radical (unpaired) electrons. The Labute approximate surface area is 183 Å². The SMILES string of the molecule is COc1ccc(SCCC(=O)Nc2ccc(C(=O)NC3CCCCC3)cc2C)cc1. The van der Waals surface area contributed by atoms with Crippen LogP contribution in [0.1, 0.15) is 54.4 Å². The third-order valence-corrected chi connectivity index (χ3v) is 6.37. The number of nitrogens with one attached hydrogen (secondary N) is 2. The summed E-state index contributed by atoms with van der Waals surface area (Å²) in [4.78, 5) is 25.9. The highest BCUT2D eigenvalue weighted by Crippen LogP contribution is 2.23. The maximum absolute atomic E-state index is 12.5. The quantitative estimate of drug-likeness (QED) is 0.570. The highest BCUT2D eigenvalue weighted by molar-refractivity contribution is 7.99. The molecule has 0 saturated heterocycles. The van der Waals surface area contributed by atoms with E-state index in [1.807, 2.05) is 43.3 Å². The van der Waals surface area contributed by atoms with Crippen molar-refractivity contribution >= 4 is 29.3 Å². The van der Waals surface area contributed by atoms with Crippen molar-refractivity contribution in [2.75, 3.05) is 18.2 Å². The number of anilines is 1. The summed E-state index contributed by atoms with van der Waals surface area (Å²) in [6, 6.07) is 13.5. The summed E-state index contributed by atoms with van der Waals surface area (Å²) in [5.74, 6) is 1.46. The Balaban J connectivity index is 1.47. The van der Waals surface area contributed by atoms with E-state index in [1.54, 1.807) is 24.9 Å². The van der Waals surface area contributed by atoms with Crippen LogP contribution in [0.25, 0.3) is 0 Å². The lowest BCUT2D eigenvalue weighted by molar-refractivity contribution is -0.115. The average Bonchev–Trinajstić information content (AvgIpc) is 2.76. The molecular formula is C24H30N2O3S. The van der Waals surface area contributed by atoms with Gasteiger partial charge in [0, 0.05) is 34.4 Å². The number of carbonyl (C=O) groups is 2. The minimum absolute atomic E-state index is 0.0289. The first-order valence-corrected chi connectivity index (χ1v) is 11.5. The summed E-state index contributed by atoms with van der Waals surface area (Å²) in [6.45, 7) is 1.92. The number of rotatable bonds is 8. The molecule has 0 aliphatic heterocycles. The molecule has 0 heterocycles. The summed E-state index contributed by atoms with van der Waals surface area (Å²) in [6.07, 6.45) is 6.18. The Morgan fingerprint density at radius 2 is 1.80 bits per heavy atom. The normalized spacial score (nSPS) is 14.2. The molecule has 0 spiro atoms. The van der Waals surface area contributed by atoms with E-state index in [2.05, 4.69) is 10.6 Å². The molecule has 2 aromatic carbocycles. The molecule has 2 aromatic rings. The average molecular weight is 427 g/mol. The van der Waals surface area contributed by atoms with Crippen LogP contribution in [0.2, 0.25) is 0 Å². The van der Waals surface area contributed by atoms with Crippen LogP contribution in [-0.4, -0.2) is 30.7 Å². The number of aryl methyl sites for hydroxylation is 1. The molecule has 0 atom stereocenters. The molecule has 1 aliphatic rings. The van der Waals surface area contributed by atoms with Crippen LogP contribution in [0, 0.1) is 6.92 Å². The van der Waals surface area contributed by atoms with Gasteiger partial charge in [-0.3, -0.25) is 9.59 Å². The van der Waals surface area contributed by atoms with Crippen molar-refractivity contribution in [1.82, 2.24) is 5.32 Å². The van der Waals surface area contributed by atoms with Crippen molar-refractivity contribution < 1.29 is 14.3 Å². The zero-order chi connectivity index (χ0) is 21.3. The number of amides is 2. The number of thioether (sulfide) groups is 1. The van der Waals surface area contributed by atoms with Gasteiger partial charge in [0.2, 0.25) is 5.91 Å². The van der Waals surface area contributed by atoms with E-state index < -0.39 is 0 Å². The number of hydrogen-bond donors (Lipinski definition) is 2. The molecule has 0 bridgehead atoms. The Morgan fingerprint density at radius 1 is 1.07 bits per heavy atom. The van der Waals surface area contributed by atoms with Crippen LogP contribution in [0.4, 0.5) is 5.69 Å². The number of ether oxygens (including phenoxy) is 1. The van der Waals surface area contributed by atoms with E-state index in [1.165, 1.54) is 19.3 Å². The van der Waals surface area contributed by atoms with Gasteiger partial charge in [-0.05, 0) is 67.8 Å². The maximum atomic E-state index is 12.5. The van der Waals surface area contributed by atoms with Gasteiger partial charge in [-0.15, -0.1) is 11.8 Å². The van der Waals surface area contributed by atoms with Crippen molar-refractivity contribution in [3.8, 4) is 5.75 Å². The highest BCUT2D eigenvalue weighted by Gasteiger charge is 2.17. The molecule has 6 heteroatoms. The number of carbonyl (C=O) groups excluding carboxylic acids is 2. The summed E-state index contributed by atoms with van der Waals surface area (Å²) in [5, 5.41) is 6.09. The molecule has 30 heavy (non-hydrogen) atoms. The zero-order valence-electron chi connectivity index (χ0n) is 17.7. The van der Waals surface area contributed by atoms with Crippen LogP contribution < -0.4 is 15.4 Å². The third-order valence-electron chi connectivity index (χ3n) is 5.36. The number of methoxy groups -OCH3 is 1. The molecule has 160 valence electrons. The fraction of sp³-hybridized carbons (Fsp3) is 0.417. The predicted octanol–water partition coefficient (Wildman–Crippen LogP) is 5.19. The predicted molar refractivity (Wildman–Crippen MR) is 122 cm³/mol. The molecule has 5 nitrogen and oxygen atoms in total. The van der Waals surface area contributed by atoms with Crippen LogP contribution in [0.3, 0.4) is 0 Å². The van der Waals surface area contributed by atoms with Crippen molar-refractivity contribution in [3.63, 3.8) is 0 Å². The summed E-state index contributed by atoms with van der Waals surface area (Å²) in [7, 11) is 1.64. The van der Waals surface area contributed by atoms with Crippen molar-refractivity contribution in [1.29, 1.82) is 0 Å². The van der Waals surface area contributed by atoms with E-state index in [9.17, 15) is 9.59 Å². The lowest BCUT2D eigenvalue weighted by Gasteiger charge is -2.23. The Bertz CT molecular complexity index is 861. The summed E-state index contributed by atoms with van der Waals surface area (Å²) < 4.78 is 5.15. The van der Waals surface area contributed by atoms with Crippen molar-refractivity contribution in [3.05, 3.63) is 53.6 Å². The fourth-order valence-corrected chi connectivity index (χ4v) is 4.46. The molecule has 0 unspecified atom stereocenters. The second kappa shape index (κ2) is 11.1. The first-order chi connectivity index (χ1) is 14.5. The molecule has 1 saturated carbocycles. The van der Waals surface area contributed by atoms with E-state index in [4.69, 9.17) is 4.74 Å². The maximum Gasteiger partial charge on any atom is 0.251 e. The first-order valence-electron chi connectivity index (χ1n) is 10.5. The molecule has 2 amide bonds. The van der Waals surface area contributed by atoms with E-state index in [-0.39, 0.29) is 17.9 Å². The number of hydrogen-bond acceptors (Lipinski definition) is 4. The van der Waals surface area contributed by atoms with Gasteiger partial charge in [-0.25, -0.2) is 0 Å². The molecule has 1 fully saturated rings. The van der Waals surface area contributed by atoms with Gasteiger partial charge in [-0.2, -0.15) is 0 Å². The van der Waals surface area contributed by atoms with E-state index in [0.717, 1.165) is 34.7 Å². The van der Waals surface area contributed by atoms with Crippen molar-refractivity contribution in [2.45, 2.75) is 56.4 Å².